The fourth-order valence-corrected chi connectivity index (χ4v) is 2.74. The number of benzene rings is 1. The molecule has 1 saturated carbocycles. The number of amides is 1. The quantitative estimate of drug-likeness (QED) is 0.819. The molecule has 1 aliphatic rings. The Kier molecular flexibility index (Phi) is 4.30. The number of hydrogen-bond acceptors (Lipinski definition) is 3. The Hall–Kier alpha value is -1.71. The Morgan fingerprint density at radius 3 is 2.89 bits per heavy atom. The summed E-state index contributed by atoms with van der Waals surface area (Å²) in [6.07, 6.45) is 3.69. The van der Waals surface area contributed by atoms with Gasteiger partial charge in [0.05, 0.1) is 12.7 Å². The standard InChI is InChI=1S/C15H22N2O2/c1-10-3-4-11(7-10)9-17-15(18)13-6-5-12(16)8-14(13)19-2/h5-6,8,10-11H,3-4,7,9,16H2,1-2H3,(H,17,18). The van der Waals surface area contributed by atoms with Crippen LogP contribution in [0.5, 0.6) is 5.75 Å². The van der Waals surface area contributed by atoms with Crippen LogP contribution in [-0.4, -0.2) is 19.6 Å². The molecule has 0 saturated heterocycles. The number of hydrogen-bond donors (Lipinski definition) is 2. The van der Waals surface area contributed by atoms with Gasteiger partial charge >= 0.3 is 0 Å². The molecule has 0 aromatic heterocycles. The number of nitrogens with two attached hydrogens (primary N) is 1. The highest BCUT2D eigenvalue weighted by molar-refractivity contribution is 5.97. The van der Waals surface area contributed by atoms with Crippen LogP contribution in [0, 0.1) is 11.8 Å². The van der Waals surface area contributed by atoms with Crippen LogP contribution in [-0.2, 0) is 0 Å². The van der Waals surface area contributed by atoms with E-state index in [1.807, 2.05) is 0 Å². The summed E-state index contributed by atoms with van der Waals surface area (Å²) < 4.78 is 5.20. The van der Waals surface area contributed by atoms with Crippen molar-refractivity contribution in [1.82, 2.24) is 5.32 Å². The Labute approximate surface area is 114 Å². The van der Waals surface area contributed by atoms with Crippen LogP contribution in [0.3, 0.4) is 0 Å². The molecule has 1 amide bonds. The lowest BCUT2D eigenvalue weighted by Gasteiger charge is -2.13. The average molecular weight is 262 g/mol. The first-order valence-corrected chi connectivity index (χ1v) is 6.82. The molecular weight excluding hydrogens is 240 g/mol. The van der Waals surface area contributed by atoms with Crippen molar-refractivity contribution in [1.29, 1.82) is 0 Å². The summed E-state index contributed by atoms with van der Waals surface area (Å²) in [5, 5.41) is 3.00. The molecule has 0 aliphatic heterocycles. The number of anilines is 1. The van der Waals surface area contributed by atoms with E-state index in [1.165, 1.54) is 19.3 Å². The Bertz CT molecular complexity index is 459. The molecule has 2 rings (SSSR count). The third kappa shape index (κ3) is 3.40. The molecule has 2 unspecified atom stereocenters. The van der Waals surface area contributed by atoms with Crippen molar-refractivity contribution in [3.05, 3.63) is 23.8 Å². The zero-order chi connectivity index (χ0) is 13.8. The first kappa shape index (κ1) is 13.7. The molecule has 2 atom stereocenters. The van der Waals surface area contributed by atoms with Crippen LogP contribution >= 0.6 is 0 Å². The molecular formula is C15H22N2O2. The number of carbonyl (C=O) groups excluding carboxylic acids is 1. The van der Waals surface area contributed by atoms with E-state index < -0.39 is 0 Å². The predicted molar refractivity (Wildman–Crippen MR) is 76.2 cm³/mol. The maximum atomic E-state index is 12.1. The van der Waals surface area contributed by atoms with Gasteiger partial charge in [0.15, 0.2) is 0 Å². The number of carbonyl (C=O) groups is 1. The molecule has 104 valence electrons. The van der Waals surface area contributed by atoms with E-state index in [0.29, 0.717) is 22.9 Å². The molecule has 1 aromatic rings. The van der Waals surface area contributed by atoms with E-state index in [0.717, 1.165) is 12.5 Å². The fourth-order valence-electron chi connectivity index (χ4n) is 2.74. The monoisotopic (exact) mass is 262 g/mol. The van der Waals surface area contributed by atoms with E-state index in [4.69, 9.17) is 10.5 Å². The molecule has 0 bridgehead atoms. The van der Waals surface area contributed by atoms with Gasteiger partial charge in [-0.1, -0.05) is 13.3 Å². The summed E-state index contributed by atoms with van der Waals surface area (Å²) in [4.78, 5) is 12.1. The summed E-state index contributed by atoms with van der Waals surface area (Å²) >= 11 is 0. The van der Waals surface area contributed by atoms with Crippen LogP contribution in [0.4, 0.5) is 5.69 Å². The largest absolute Gasteiger partial charge is 0.496 e. The van der Waals surface area contributed by atoms with Gasteiger partial charge in [0.2, 0.25) is 0 Å². The molecule has 19 heavy (non-hydrogen) atoms. The molecule has 0 spiro atoms. The van der Waals surface area contributed by atoms with Crippen LogP contribution in [0.25, 0.3) is 0 Å². The van der Waals surface area contributed by atoms with Crippen LogP contribution < -0.4 is 15.8 Å². The van der Waals surface area contributed by atoms with E-state index in [2.05, 4.69) is 12.2 Å². The number of methoxy groups -OCH3 is 1. The molecule has 0 heterocycles. The van der Waals surface area contributed by atoms with Gasteiger partial charge in [-0.25, -0.2) is 0 Å². The predicted octanol–water partition coefficient (Wildman–Crippen LogP) is 2.44. The molecule has 0 radical (unpaired) electrons. The average Bonchev–Trinajstić information content (AvgIpc) is 2.81. The van der Waals surface area contributed by atoms with Crippen molar-refractivity contribution < 1.29 is 9.53 Å². The van der Waals surface area contributed by atoms with Crippen molar-refractivity contribution >= 4 is 11.6 Å². The van der Waals surface area contributed by atoms with Crippen molar-refractivity contribution in [3.8, 4) is 5.75 Å². The van der Waals surface area contributed by atoms with Gasteiger partial charge in [-0.15, -0.1) is 0 Å². The van der Waals surface area contributed by atoms with Crippen LogP contribution in [0.2, 0.25) is 0 Å². The Balaban J connectivity index is 1.96. The highest BCUT2D eigenvalue weighted by Gasteiger charge is 2.22. The van der Waals surface area contributed by atoms with E-state index in [1.54, 1.807) is 25.3 Å². The topological polar surface area (TPSA) is 64.3 Å². The zero-order valence-corrected chi connectivity index (χ0v) is 11.6. The van der Waals surface area contributed by atoms with Crippen LogP contribution in [0.1, 0.15) is 36.5 Å². The molecule has 3 N–H and O–H groups in total. The third-order valence-electron chi connectivity index (χ3n) is 3.82. The maximum absolute atomic E-state index is 12.1. The van der Waals surface area contributed by atoms with Crippen molar-refractivity contribution in [2.75, 3.05) is 19.4 Å². The minimum atomic E-state index is -0.0867. The second-order valence-electron chi connectivity index (χ2n) is 5.45. The minimum Gasteiger partial charge on any atom is -0.496 e. The molecule has 4 nitrogen and oxygen atoms in total. The van der Waals surface area contributed by atoms with Crippen molar-refractivity contribution in [2.45, 2.75) is 26.2 Å². The van der Waals surface area contributed by atoms with Gasteiger partial charge < -0.3 is 15.8 Å². The fraction of sp³-hybridized carbons (Fsp3) is 0.533. The minimum absolute atomic E-state index is 0.0867. The van der Waals surface area contributed by atoms with Crippen molar-refractivity contribution in [3.63, 3.8) is 0 Å². The SMILES string of the molecule is COc1cc(N)ccc1C(=O)NCC1CCC(C)C1. The summed E-state index contributed by atoms with van der Waals surface area (Å²) in [5.41, 5.74) is 6.82. The number of nitrogens with one attached hydrogen (secondary N) is 1. The lowest BCUT2D eigenvalue weighted by molar-refractivity contribution is 0.0944. The normalized spacial score (nSPS) is 22.2. The number of nitrogen functional groups attached to an aromatic ring is 1. The van der Waals surface area contributed by atoms with E-state index in [-0.39, 0.29) is 5.91 Å². The molecule has 1 aromatic carbocycles. The highest BCUT2D eigenvalue weighted by atomic mass is 16.5. The summed E-state index contributed by atoms with van der Waals surface area (Å²) in [6, 6.07) is 5.10. The Morgan fingerprint density at radius 2 is 2.26 bits per heavy atom. The van der Waals surface area contributed by atoms with Crippen LogP contribution in [0.15, 0.2) is 18.2 Å². The third-order valence-corrected chi connectivity index (χ3v) is 3.82. The first-order chi connectivity index (χ1) is 9.10. The summed E-state index contributed by atoms with van der Waals surface area (Å²) in [6.45, 7) is 3.02. The number of ether oxygens (including phenoxy) is 1. The molecule has 1 aliphatic carbocycles. The van der Waals surface area contributed by atoms with Gasteiger partial charge in [0.1, 0.15) is 5.75 Å². The van der Waals surface area contributed by atoms with Gasteiger partial charge in [-0.3, -0.25) is 4.79 Å². The van der Waals surface area contributed by atoms with Gasteiger partial charge in [0.25, 0.3) is 5.91 Å². The molecule has 4 heteroatoms. The Morgan fingerprint density at radius 1 is 1.47 bits per heavy atom. The zero-order valence-electron chi connectivity index (χ0n) is 11.6. The summed E-state index contributed by atoms with van der Waals surface area (Å²) in [5.74, 6) is 1.83. The summed E-state index contributed by atoms with van der Waals surface area (Å²) in [7, 11) is 1.55. The van der Waals surface area contributed by atoms with Crippen molar-refractivity contribution in [2.24, 2.45) is 11.8 Å². The molecule has 1 fully saturated rings. The smallest absolute Gasteiger partial charge is 0.255 e. The maximum Gasteiger partial charge on any atom is 0.255 e. The first-order valence-electron chi connectivity index (χ1n) is 6.82. The lowest BCUT2D eigenvalue weighted by atomic mass is 10.1. The second kappa shape index (κ2) is 5.95. The number of rotatable bonds is 4. The van der Waals surface area contributed by atoms with Gasteiger partial charge in [-0.2, -0.15) is 0 Å². The van der Waals surface area contributed by atoms with Gasteiger partial charge in [-0.05, 0) is 36.8 Å². The second-order valence-corrected chi connectivity index (χ2v) is 5.45. The lowest BCUT2D eigenvalue weighted by Crippen LogP contribution is -2.28. The van der Waals surface area contributed by atoms with Gasteiger partial charge in [0, 0.05) is 18.3 Å². The van der Waals surface area contributed by atoms with E-state index >= 15 is 0 Å². The highest BCUT2D eigenvalue weighted by Crippen LogP contribution is 2.29. The van der Waals surface area contributed by atoms with E-state index in [9.17, 15) is 4.79 Å².